The maximum absolute atomic E-state index is 12.2. The molecule has 0 bridgehead atoms. The van der Waals surface area contributed by atoms with Crippen molar-refractivity contribution in [3.05, 3.63) is 52.7 Å². The van der Waals surface area contributed by atoms with E-state index in [4.69, 9.17) is 4.52 Å². The molecule has 3 aromatic rings. The van der Waals surface area contributed by atoms with Crippen molar-refractivity contribution in [1.29, 1.82) is 0 Å². The summed E-state index contributed by atoms with van der Waals surface area (Å²) >= 11 is 1.57. The van der Waals surface area contributed by atoms with Crippen molar-refractivity contribution in [2.75, 3.05) is 5.32 Å². The highest BCUT2D eigenvalue weighted by atomic mass is 32.1. The van der Waals surface area contributed by atoms with E-state index in [1.807, 2.05) is 42.6 Å². The molecular weight excluding hydrogens is 336 g/mol. The second-order valence-electron chi connectivity index (χ2n) is 6.12. The minimum Gasteiger partial charge on any atom is -0.376 e. The van der Waals surface area contributed by atoms with Crippen LogP contribution in [0.15, 0.2) is 40.2 Å². The Bertz CT molecular complexity index is 884. The molecule has 4 rings (SSSR count). The van der Waals surface area contributed by atoms with E-state index in [0.717, 1.165) is 29.0 Å². The Kier molecular flexibility index (Phi) is 4.23. The van der Waals surface area contributed by atoms with Crippen molar-refractivity contribution in [3.63, 3.8) is 0 Å². The lowest BCUT2D eigenvalue weighted by molar-refractivity contribution is 0.0951. The fraction of sp³-hybridized carbons (Fsp3) is 0.278. The molecule has 1 aliphatic carbocycles. The summed E-state index contributed by atoms with van der Waals surface area (Å²) in [5.74, 6) is 1.08. The van der Waals surface area contributed by atoms with Crippen LogP contribution >= 0.6 is 11.3 Å². The van der Waals surface area contributed by atoms with Gasteiger partial charge in [-0.3, -0.25) is 4.79 Å². The van der Waals surface area contributed by atoms with Crippen LogP contribution < -0.4 is 10.6 Å². The number of carbonyl (C=O) groups excluding carboxylic acids is 1. The fourth-order valence-corrected chi connectivity index (χ4v) is 3.10. The van der Waals surface area contributed by atoms with Crippen LogP contribution in [0.2, 0.25) is 0 Å². The molecule has 1 saturated carbocycles. The van der Waals surface area contributed by atoms with Gasteiger partial charge in [-0.05, 0) is 48.9 Å². The number of hydrogen-bond acceptors (Lipinski definition) is 6. The van der Waals surface area contributed by atoms with E-state index < -0.39 is 0 Å². The fourth-order valence-electron chi connectivity index (χ4n) is 2.45. The number of carbonyl (C=O) groups is 1. The Morgan fingerprint density at radius 1 is 1.36 bits per heavy atom. The average Bonchev–Trinajstić information content (AvgIpc) is 3.09. The molecule has 25 heavy (non-hydrogen) atoms. The first-order valence-electron chi connectivity index (χ1n) is 8.21. The largest absolute Gasteiger partial charge is 0.376 e. The van der Waals surface area contributed by atoms with Crippen molar-refractivity contribution in [3.8, 4) is 10.7 Å². The quantitative estimate of drug-likeness (QED) is 0.707. The van der Waals surface area contributed by atoms with Gasteiger partial charge in [-0.2, -0.15) is 4.98 Å². The van der Waals surface area contributed by atoms with E-state index in [1.54, 1.807) is 11.3 Å². The molecule has 2 heterocycles. The second-order valence-corrected chi connectivity index (χ2v) is 7.07. The molecule has 0 atom stereocenters. The van der Waals surface area contributed by atoms with Crippen molar-refractivity contribution in [1.82, 2.24) is 15.5 Å². The number of rotatable bonds is 6. The molecule has 2 N–H and O–H groups in total. The molecule has 1 fully saturated rings. The van der Waals surface area contributed by atoms with Gasteiger partial charge in [0.05, 0.1) is 11.4 Å². The normalized spacial score (nSPS) is 13.6. The number of benzene rings is 1. The van der Waals surface area contributed by atoms with Gasteiger partial charge in [-0.15, -0.1) is 11.3 Å². The Labute approximate surface area is 149 Å². The number of amides is 1. The number of hydrogen-bond donors (Lipinski definition) is 2. The topological polar surface area (TPSA) is 80.0 Å². The van der Waals surface area contributed by atoms with Crippen molar-refractivity contribution in [2.24, 2.45) is 0 Å². The van der Waals surface area contributed by atoms with E-state index >= 15 is 0 Å². The maximum atomic E-state index is 12.2. The first kappa shape index (κ1) is 15.8. The molecule has 0 spiro atoms. The Morgan fingerprint density at radius 3 is 3.00 bits per heavy atom. The van der Waals surface area contributed by atoms with Crippen LogP contribution in [0.25, 0.3) is 10.7 Å². The zero-order valence-electron chi connectivity index (χ0n) is 13.8. The third kappa shape index (κ3) is 3.71. The van der Waals surface area contributed by atoms with Crippen molar-refractivity contribution < 1.29 is 9.32 Å². The number of anilines is 1. The van der Waals surface area contributed by atoms with Crippen LogP contribution in [0.5, 0.6) is 0 Å². The van der Waals surface area contributed by atoms with E-state index in [2.05, 4.69) is 20.8 Å². The van der Waals surface area contributed by atoms with Gasteiger partial charge in [-0.25, -0.2) is 0 Å². The summed E-state index contributed by atoms with van der Waals surface area (Å²) in [6, 6.07) is 9.91. The highest BCUT2D eigenvalue weighted by Crippen LogP contribution is 2.23. The molecule has 1 amide bonds. The number of nitrogens with zero attached hydrogens (tertiary/aromatic N) is 2. The number of aromatic nitrogens is 2. The lowest BCUT2D eigenvalue weighted by atomic mass is 10.1. The molecular formula is C18H18N4O2S. The van der Waals surface area contributed by atoms with E-state index in [9.17, 15) is 4.79 Å². The van der Waals surface area contributed by atoms with E-state index in [1.165, 1.54) is 0 Å². The zero-order valence-corrected chi connectivity index (χ0v) is 14.6. The molecule has 0 saturated heterocycles. The van der Waals surface area contributed by atoms with Crippen molar-refractivity contribution >= 4 is 22.9 Å². The van der Waals surface area contributed by atoms with Gasteiger partial charge in [0, 0.05) is 17.3 Å². The van der Waals surface area contributed by atoms with Gasteiger partial charge in [0.1, 0.15) is 0 Å². The van der Waals surface area contributed by atoms with Crippen LogP contribution in [0.4, 0.5) is 5.69 Å². The molecule has 0 radical (unpaired) electrons. The van der Waals surface area contributed by atoms with Gasteiger partial charge in [-0.1, -0.05) is 17.3 Å². The van der Waals surface area contributed by atoms with E-state index in [0.29, 0.717) is 29.9 Å². The standard InChI is InChI=1S/C18H18N4O2S/c1-11-4-5-12(18(23)20-13-6-7-13)9-14(11)19-10-16-21-17(22-24-16)15-3-2-8-25-15/h2-5,8-9,13,19H,6-7,10H2,1H3,(H,20,23). The first-order chi connectivity index (χ1) is 12.2. The van der Waals surface area contributed by atoms with Crippen LogP contribution in [0.1, 0.15) is 34.7 Å². The minimum atomic E-state index is -0.0247. The Morgan fingerprint density at radius 2 is 2.24 bits per heavy atom. The predicted octanol–water partition coefficient (Wildman–Crippen LogP) is 3.61. The Hall–Kier alpha value is -2.67. The third-order valence-corrected chi connectivity index (χ3v) is 4.92. The average molecular weight is 354 g/mol. The zero-order chi connectivity index (χ0) is 17.2. The SMILES string of the molecule is Cc1ccc(C(=O)NC2CC2)cc1NCc1nc(-c2cccs2)no1. The lowest BCUT2D eigenvalue weighted by Crippen LogP contribution is -2.25. The van der Waals surface area contributed by atoms with Gasteiger partial charge in [0.15, 0.2) is 0 Å². The Balaban J connectivity index is 1.44. The molecule has 0 unspecified atom stereocenters. The van der Waals surface area contributed by atoms with Crippen LogP contribution in [-0.4, -0.2) is 22.1 Å². The number of thiophene rings is 1. The molecule has 6 nitrogen and oxygen atoms in total. The molecule has 2 aromatic heterocycles. The summed E-state index contributed by atoms with van der Waals surface area (Å²) in [6.45, 7) is 2.41. The minimum absolute atomic E-state index is 0.0247. The van der Waals surface area contributed by atoms with E-state index in [-0.39, 0.29) is 5.91 Å². The highest BCUT2D eigenvalue weighted by Gasteiger charge is 2.24. The molecule has 7 heteroatoms. The first-order valence-corrected chi connectivity index (χ1v) is 9.09. The number of aryl methyl sites for hydroxylation is 1. The van der Waals surface area contributed by atoms with Gasteiger partial charge >= 0.3 is 0 Å². The molecule has 0 aliphatic heterocycles. The van der Waals surface area contributed by atoms with Crippen LogP contribution in [-0.2, 0) is 6.54 Å². The van der Waals surface area contributed by atoms with Gasteiger partial charge in [0.2, 0.25) is 11.7 Å². The smallest absolute Gasteiger partial charge is 0.251 e. The maximum Gasteiger partial charge on any atom is 0.251 e. The summed E-state index contributed by atoms with van der Waals surface area (Å²) in [4.78, 5) is 17.6. The van der Waals surface area contributed by atoms with Crippen LogP contribution in [0.3, 0.4) is 0 Å². The molecule has 128 valence electrons. The summed E-state index contributed by atoms with van der Waals surface area (Å²) in [5, 5.41) is 12.3. The predicted molar refractivity (Wildman–Crippen MR) is 96.6 cm³/mol. The summed E-state index contributed by atoms with van der Waals surface area (Å²) < 4.78 is 5.29. The third-order valence-electron chi connectivity index (χ3n) is 4.05. The highest BCUT2D eigenvalue weighted by molar-refractivity contribution is 7.13. The molecule has 1 aromatic carbocycles. The van der Waals surface area contributed by atoms with Gasteiger partial charge < -0.3 is 15.2 Å². The van der Waals surface area contributed by atoms with Crippen LogP contribution in [0, 0.1) is 6.92 Å². The second kappa shape index (κ2) is 6.68. The lowest BCUT2D eigenvalue weighted by Gasteiger charge is -2.10. The summed E-state index contributed by atoms with van der Waals surface area (Å²) in [6.07, 6.45) is 2.15. The summed E-state index contributed by atoms with van der Waals surface area (Å²) in [5.41, 5.74) is 2.60. The number of nitrogens with one attached hydrogen (secondary N) is 2. The summed E-state index contributed by atoms with van der Waals surface area (Å²) in [7, 11) is 0. The molecule has 1 aliphatic rings. The van der Waals surface area contributed by atoms with Crippen molar-refractivity contribution in [2.45, 2.75) is 32.4 Å². The van der Waals surface area contributed by atoms with Gasteiger partial charge in [0.25, 0.3) is 5.91 Å². The monoisotopic (exact) mass is 354 g/mol.